The van der Waals surface area contributed by atoms with Crippen LogP contribution in [0, 0.1) is 13.8 Å². The number of hydrogen-bond donors (Lipinski definition) is 2. The molecule has 0 radical (unpaired) electrons. The second-order valence-corrected chi connectivity index (χ2v) is 9.16. The number of nitrogens with zero attached hydrogens (tertiary/aromatic N) is 2. The number of nitrogens with one attached hydrogen (secondary N) is 1. The Bertz CT molecular complexity index is 1650. The predicted octanol–water partition coefficient (Wildman–Crippen LogP) is 6.25. The third-order valence-corrected chi connectivity index (χ3v) is 6.39. The van der Waals surface area contributed by atoms with Gasteiger partial charge < -0.3 is 14.3 Å². The Hall–Kier alpha value is -4.17. The summed E-state index contributed by atoms with van der Waals surface area (Å²) >= 11 is 1.36. The zero-order chi connectivity index (χ0) is 24.5. The number of benzene rings is 3. The van der Waals surface area contributed by atoms with E-state index in [1.807, 2.05) is 57.2 Å². The van der Waals surface area contributed by atoms with Gasteiger partial charge in [0.25, 0.3) is 5.91 Å². The van der Waals surface area contributed by atoms with Crippen molar-refractivity contribution in [2.75, 3.05) is 11.9 Å². The van der Waals surface area contributed by atoms with Gasteiger partial charge in [-0.25, -0.2) is 9.98 Å². The summed E-state index contributed by atoms with van der Waals surface area (Å²) < 4.78 is 12.5. The molecule has 35 heavy (non-hydrogen) atoms. The van der Waals surface area contributed by atoms with Crippen LogP contribution in [0.25, 0.3) is 21.2 Å². The molecule has 5 aromatic rings. The molecule has 1 amide bonds. The summed E-state index contributed by atoms with van der Waals surface area (Å²) in [5, 5.41) is 13.9. The average molecular weight is 486 g/mol. The molecule has 0 aliphatic rings. The minimum Gasteiger partial charge on any atom is -0.508 e. The molecule has 7 nitrogen and oxygen atoms in total. The maximum absolute atomic E-state index is 13.4. The number of amides is 1. The van der Waals surface area contributed by atoms with Crippen molar-refractivity contribution >= 4 is 49.2 Å². The van der Waals surface area contributed by atoms with Gasteiger partial charge in [0.05, 0.1) is 22.5 Å². The first-order valence-electron chi connectivity index (χ1n) is 11.1. The normalized spacial score (nSPS) is 11.8. The zero-order valence-corrected chi connectivity index (χ0v) is 20.3. The van der Waals surface area contributed by atoms with E-state index in [1.165, 1.54) is 17.4 Å². The highest BCUT2D eigenvalue weighted by Crippen LogP contribution is 2.30. The number of ether oxygens (including phenoxy) is 1. The van der Waals surface area contributed by atoms with Crippen molar-refractivity contribution in [3.05, 3.63) is 82.9 Å². The fourth-order valence-electron chi connectivity index (χ4n) is 3.68. The number of thiazole rings is 1. The minimum atomic E-state index is -0.392. The van der Waals surface area contributed by atoms with Crippen LogP contribution in [-0.2, 0) is 0 Å². The van der Waals surface area contributed by atoms with E-state index >= 15 is 0 Å². The van der Waals surface area contributed by atoms with Gasteiger partial charge in [0, 0.05) is 11.5 Å². The SMILES string of the molecule is CCOc1ccc2nc(NC(=O)c3cc4ccc(O)cc4oc3=Nc3cc(C)ccc3C)sc2c1. The molecule has 5 rings (SSSR count). The van der Waals surface area contributed by atoms with E-state index < -0.39 is 5.91 Å². The van der Waals surface area contributed by atoms with Crippen molar-refractivity contribution in [1.82, 2.24) is 4.98 Å². The van der Waals surface area contributed by atoms with Crippen molar-refractivity contribution in [2.24, 2.45) is 4.99 Å². The highest BCUT2D eigenvalue weighted by Gasteiger charge is 2.16. The number of carbonyl (C=O) groups is 1. The van der Waals surface area contributed by atoms with E-state index in [4.69, 9.17) is 9.15 Å². The fraction of sp³-hybridized carbons (Fsp3) is 0.148. The van der Waals surface area contributed by atoms with E-state index in [-0.39, 0.29) is 16.9 Å². The van der Waals surface area contributed by atoms with Crippen molar-refractivity contribution in [3.63, 3.8) is 0 Å². The number of fused-ring (bicyclic) bond motifs is 2. The smallest absolute Gasteiger partial charge is 0.262 e. The Labute approximate surface area is 205 Å². The number of aryl methyl sites for hydroxylation is 2. The monoisotopic (exact) mass is 485 g/mol. The third kappa shape index (κ3) is 4.74. The molecule has 0 aliphatic heterocycles. The summed E-state index contributed by atoms with van der Waals surface area (Å²) in [5.41, 5.74) is 4.30. The largest absolute Gasteiger partial charge is 0.508 e. The number of aromatic nitrogens is 1. The Kier molecular flexibility index (Phi) is 5.96. The van der Waals surface area contributed by atoms with Crippen molar-refractivity contribution in [2.45, 2.75) is 20.8 Å². The minimum absolute atomic E-state index is 0.0667. The van der Waals surface area contributed by atoms with Gasteiger partial charge >= 0.3 is 0 Å². The predicted molar refractivity (Wildman–Crippen MR) is 138 cm³/mol. The lowest BCUT2D eigenvalue weighted by Crippen LogP contribution is -2.21. The summed E-state index contributed by atoms with van der Waals surface area (Å²) in [6.07, 6.45) is 0. The molecule has 2 aromatic heterocycles. The Morgan fingerprint density at radius 3 is 2.80 bits per heavy atom. The van der Waals surface area contributed by atoms with Crippen LogP contribution >= 0.6 is 11.3 Å². The van der Waals surface area contributed by atoms with Crippen molar-refractivity contribution in [1.29, 1.82) is 0 Å². The second-order valence-electron chi connectivity index (χ2n) is 8.12. The molecule has 2 N–H and O–H groups in total. The maximum atomic E-state index is 13.4. The first kappa shape index (κ1) is 22.6. The number of anilines is 1. The second kappa shape index (κ2) is 9.23. The van der Waals surface area contributed by atoms with Crippen LogP contribution in [0.15, 0.2) is 70.1 Å². The van der Waals surface area contributed by atoms with Crippen LogP contribution < -0.4 is 15.6 Å². The molecule has 2 heterocycles. The molecular formula is C27H23N3O4S. The number of phenolic OH excluding ortho intramolecular Hbond substituents is 1. The van der Waals surface area contributed by atoms with Gasteiger partial charge in [0.15, 0.2) is 5.13 Å². The summed E-state index contributed by atoms with van der Waals surface area (Å²) in [6.45, 7) is 6.43. The van der Waals surface area contributed by atoms with Gasteiger partial charge in [-0.3, -0.25) is 10.1 Å². The van der Waals surface area contributed by atoms with Gasteiger partial charge in [-0.15, -0.1) is 0 Å². The number of carbonyl (C=O) groups excluding carboxylic acids is 1. The van der Waals surface area contributed by atoms with Crippen LogP contribution in [0.1, 0.15) is 28.4 Å². The number of phenols is 1. The van der Waals surface area contributed by atoms with Crippen molar-refractivity contribution < 1.29 is 19.1 Å². The Balaban J connectivity index is 1.59. The van der Waals surface area contributed by atoms with Crippen molar-refractivity contribution in [3.8, 4) is 11.5 Å². The van der Waals surface area contributed by atoms with E-state index in [0.717, 1.165) is 27.1 Å². The molecule has 0 saturated heterocycles. The molecular weight excluding hydrogens is 462 g/mol. The molecule has 0 atom stereocenters. The van der Waals surface area contributed by atoms with Gasteiger partial charge in [-0.2, -0.15) is 0 Å². The van der Waals surface area contributed by atoms with Gasteiger partial charge in [0.1, 0.15) is 22.6 Å². The molecule has 0 spiro atoms. The first-order valence-corrected chi connectivity index (χ1v) is 11.9. The third-order valence-electron chi connectivity index (χ3n) is 5.46. The Morgan fingerprint density at radius 1 is 1.11 bits per heavy atom. The van der Waals surface area contributed by atoms with Gasteiger partial charge in [-0.05, 0) is 74.4 Å². The van der Waals surface area contributed by atoms with E-state index in [2.05, 4.69) is 15.3 Å². The lowest BCUT2D eigenvalue weighted by Gasteiger charge is -2.06. The number of hydrogen-bond acceptors (Lipinski definition) is 7. The van der Waals surface area contributed by atoms with Gasteiger partial charge in [0.2, 0.25) is 5.55 Å². The standard InChI is InChI=1S/C27H23N3O4S/c1-4-33-19-9-10-21-24(14-19)35-27(29-21)30-25(32)20-12-17-7-8-18(31)13-23(17)34-26(20)28-22-11-15(2)5-6-16(22)3/h5-14,31H,4H2,1-3H3,(H,29,30,32). The summed E-state index contributed by atoms with van der Waals surface area (Å²) in [6, 6.07) is 18.0. The topological polar surface area (TPSA) is 97.0 Å². The first-order chi connectivity index (χ1) is 16.9. The van der Waals surface area contributed by atoms with Crippen LogP contribution in [0.3, 0.4) is 0 Å². The van der Waals surface area contributed by atoms with E-state index in [9.17, 15) is 9.90 Å². The van der Waals surface area contributed by atoms with Crippen LogP contribution in [0.5, 0.6) is 11.5 Å². The summed E-state index contributed by atoms with van der Waals surface area (Å²) in [4.78, 5) is 22.6. The molecule has 0 bridgehead atoms. The fourth-order valence-corrected chi connectivity index (χ4v) is 4.57. The zero-order valence-electron chi connectivity index (χ0n) is 19.5. The average Bonchev–Trinajstić information content (AvgIpc) is 3.22. The molecule has 8 heteroatoms. The molecule has 0 fully saturated rings. The summed E-state index contributed by atoms with van der Waals surface area (Å²) in [5.74, 6) is 0.432. The maximum Gasteiger partial charge on any atom is 0.262 e. The summed E-state index contributed by atoms with van der Waals surface area (Å²) in [7, 11) is 0. The Morgan fingerprint density at radius 2 is 1.97 bits per heavy atom. The molecule has 0 saturated carbocycles. The molecule has 3 aromatic carbocycles. The number of aromatic hydroxyl groups is 1. The highest BCUT2D eigenvalue weighted by molar-refractivity contribution is 7.22. The highest BCUT2D eigenvalue weighted by atomic mass is 32.1. The lowest BCUT2D eigenvalue weighted by atomic mass is 10.1. The number of rotatable bonds is 5. The molecule has 0 aliphatic carbocycles. The van der Waals surface area contributed by atoms with E-state index in [0.29, 0.717) is 28.4 Å². The van der Waals surface area contributed by atoms with Gasteiger partial charge in [-0.1, -0.05) is 23.5 Å². The quantitative estimate of drug-likeness (QED) is 0.307. The van der Waals surface area contributed by atoms with Crippen LogP contribution in [-0.4, -0.2) is 22.6 Å². The van der Waals surface area contributed by atoms with Crippen LogP contribution in [0.2, 0.25) is 0 Å². The molecule has 176 valence electrons. The molecule has 0 unspecified atom stereocenters. The van der Waals surface area contributed by atoms with E-state index in [1.54, 1.807) is 18.2 Å². The van der Waals surface area contributed by atoms with Crippen LogP contribution in [0.4, 0.5) is 10.8 Å². The lowest BCUT2D eigenvalue weighted by molar-refractivity contribution is 0.102.